The molecule has 0 radical (unpaired) electrons. The van der Waals surface area contributed by atoms with Crippen molar-refractivity contribution in [3.63, 3.8) is 0 Å². The van der Waals surface area contributed by atoms with Crippen LogP contribution in [0.3, 0.4) is 0 Å². The van der Waals surface area contributed by atoms with Gasteiger partial charge in [0.2, 0.25) is 0 Å². The Morgan fingerprint density at radius 1 is 0.950 bits per heavy atom. The molecule has 0 aromatic heterocycles. The van der Waals surface area contributed by atoms with E-state index in [1.165, 1.54) is 0 Å². The van der Waals surface area contributed by atoms with Gasteiger partial charge >= 0.3 is 0 Å². The van der Waals surface area contributed by atoms with E-state index < -0.39 is 17.7 Å². The fraction of sp³-hybridized carbons (Fsp3) is 0.143. The third kappa shape index (κ3) is 3.23. The summed E-state index contributed by atoms with van der Waals surface area (Å²) < 4.78 is 27.2. The molecule has 6 heteroatoms. The summed E-state index contributed by atoms with van der Waals surface area (Å²) in [6, 6.07) is 6.14. The van der Waals surface area contributed by atoms with Gasteiger partial charge in [0.1, 0.15) is 11.6 Å². The molecular formula is C14H10Cl3F2N. The molecule has 0 heterocycles. The Morgan fingerprint density at radius 3 is 2.15 bits per heavy atom. The lowest BCUT2D eigenvalue weighted by Gasteiger charge is -2.15. The Hall–Kier alpha value is -0.870. The van der Waals surface area contributed by atoms with E-state index in [0.29, 0.717) is 15.6 Å². The van der Waals surface area contributed by atoms with Crippen molar-refractivity contribution in [1.29, 1.82) is 0 Å². The minimum Gasteiger partial charge on any atom is -0.324 e. The van der Waals surface area contributed by atoms with Crippen LogP contribution >= 0.6 is 34.8 Å². The molecule has 0 aliphatic carbocycles. The van der Waals surface area contributed by atoms with Gasteiger partial charge < -0.3 is 5.73 Å². The van der Waals surface area contributed by atoms with E-state index in [1.54, 1.807) is 18.2 Å². The Labute approximate surface area is 130 Å². The molecule has 0 fully saturated rings. The monoisotopic (exact) mass is 335 g/mol. The lowest BCUT2D eigenvalue weighted by Crippen LogP contribution is -2.16. The first-order chi connectivity index (χ1) is 9.40. The lowest BCUT2D eigenvalue weighted by molar-refractivity contribution is 0.561. The first-order valence-electron chi connectivity index (χ1n) is 5.73. The number of benzene rings is 2. The van der Waals surface area contributed by atoms with Crippen LogP contribution in [0.25, 0.3) is 0 Å². The zero-order valence-corrected chi connectivity index (χ0v) is 12.4. The minimum atomic E-state index is -0.779. The van der Waals surface area contributed by atoms with Gasteiger partial charge in [-0.15, -0.1) is 0 Å². The van der Waals surface area contributed by atoms with E-state index in [1.807, 2.05) is 0 Å². The highest BCUT2D eigenvalue weighted by Crippen LogP contribution is 2.30. The van der Waals surface area contributed by atoms with Gasteiger partial charge in [0.05, 0.1) is 5.02 Å². The van der Waals surface area contributed by atoms with Gasteiger partial charge in [-0.25, -0.2) is 8.78 Å². The van der Waals surface area contributed by atoms with E-state index in [-0.39, 0.29) is 17.0 Å². The van der Waals surface area contributed by atoms with Crippen LogP contribution in [0.15, 0.2) is 30.3 Å². The van der Waals surface area contributed by atoms with Crippen molar-refractivity contribution in [3.05, 3.63) is 68.2 Å². The minimum absolute atomic E-state index is 0.0305. The molecule has 0 bridgehead atoms. The van der Waals surface area contributed by atoms with Crippen LogP contribution in [0, 0.1) is 11.6 Å². The fourth-order valence-corrected chi connectivity index (χ4v) is 2.58. The normalized spacial score (nSPS) is 12.5. The third-order valence-electron chi connectivity index (χ3n) is 2.92. The molecule has 0 spiro atoms. The zero-order valence-electron chi connectivity index (χ0n) is 10.1. The van der Waals surface area contributed by atoms with Crippen molar-refractivity contribution in [2.24, 2.45) is 5.73 Å². The van der Waals surface area contributed by atoms with E-state index in [9.17, 15) is 8.78 Å². The number of nitrogens with two attached hydrogens (primary N) is 1. The summed E-state index contributed by atoms with van der Waals surface area (Å²) in [5.41, 5.74) is 6.54. The third-order valence-corrected chi connectivity index (χ3v) is 3.92. The Kier molecular flexibility index (Phi) is 4.86. The summed E-state index contributed by atoms with van der Waals surface area (Å²) in [6.07, 6.45) is 0.191. The number of rotatable bonds is 3. The van der Waals surface area contributed by atoms with Crippen molar-refractivity contribution in [3.8, 4) is 0 Å². The molecule has 2 N–H and O–H groups in total. The highest BCUT2D eigenvalue weighted by molar-refractivity contribution is 6.36. The Morgan fingerprint density at radius 2 is 1.55 bits per heavy atom. The second-order valence-corrected chi connectivity index (χ2v) is 5.52. The molecule has 0 saturated carbocycles. The molecular weight excluding hydrogens is 327 g/mol. The summed E-state index contributed by atoms with van der Waals surface area (Å²) in [5.74, 6) is -1.38. The van der Waals surface area contributed by atoms with E-state index in [4.69, 9.17) is 40.5 Å². The molecule has 1 atom stereocenters. The highest BCUT2D eigenvalue weighted by atomic mass is 35.5. The molecule has 106 valence electrons. The molecule has 0 saturated heterocycles. The van der Waals surface area contributed by atoms with Crippen molar-refractivity contribution in [2.45, 2.75) is 12.5 Å². The van der Waals surface area contributed by atoms with Crippen molar-refractivity contribution in [1.82, 2.24) is 0 Å². The van der Waals surface area contributed by atoms with E-state index in [0.717, 1.165) is 12.1 Å². The molecule has 2 aromatic carbocycles. The molecule has 2 rings (SSSR count). The van der Waals surface area contributed by atoms with Crippen LogP contribution in [0.4, 0.5) is 8.78 Å². The first kappa shape index (κ1) is 15.5. The molecule has 0 amide bonds. The largest absolute Gasteiger partial charge is 0.324 e. The predicted octanol–water partition coefficient (Wildman–Crippen LogP) is 5.17. The lowest BCUT2D eigenvalue weighted by atomic mass is 9.99. The maximum atomic E-state index is 13.8. The maximum Gasteiger partial charge on any atom is 0.142 e. The van der Waals surface area contributed by atoms with Crippen LogP contribution < -0.4 is 5.73 Å². The smallest absolute Gasteiger partial charge is 0.142 e. The second-order valence-electron chi connectivity index (χ2n) is 4.30. The van der Waals surface area contributed by atoms with Crippen molar-refractivity contribution < 1.29 is 8.78 Å². The zero-order chi connectivity index (χ0) is 14.9. The first-order valence-corrected chi connectivity index (χ1v) is 6.86. The van der Waals surface area contributed by atoms with Crippen molar-refractivity contribution >= 4 is 34.8 Å². The second kappa shape index (κ2) is 6.27. The molecule has 0 aliphatic rings. The number of hydrogen-bond acceptors (Lipinski definition) is 1. The maximum absolute atomic E-state index is 13.8. The van der Waals surface area contributed by atoms with E-state index in [2.05, 4.69) is 0 Å². The van der Waals surface area contributed by atoms with Gasteiger partial charge in [-0.3, -0.25) is 0 Å². The van der Waals surface area contributed by atoms with Crippen molar-refractivity contribution in [2.75, 3.05) is 0 Å². The molecule has 0 aliphatic heterocycles. The number of hydrogen-bond donors (Lipinski definition) is 1. The molecule has 1 nitrogen and oxygen atoms in total. The quantitative estimate of drug-likeness (QED) is 0.769. The average Bonchev–Trinajstić information content (AvgIpc) is 2.38. The molecule has 20 heavy (non-hydrogen) atoms. The fourth-order valence-electron chi connectivity index (χ4n) is 1.88. The van der Waals surface area contributed by atoms with E-state index >= 15 is 0 Å². The van der Waals surface area contributed by atoms with Crippen LogP contribution in [-0.4, -0.2) is 0 Å². The molecule has 1 unspecified atom stereocenters. The number of halogens is 5. The highest BCUT2D eigenvalue weighted by Gasteiger charge is 2.18. The Balaban J connectivity index is 2.33. The summed E-state index contributed by atoms with van der Waals surface area (Å²) in [5, 5.41) is 0.583. The van der Waals surface area contributed by atoms with Gasteiger partial charge in [-0.05, 0) is 36.2 Å². The Bertz CT molecular complexity index is 626. The van der Waals surface area contributed by atoms with Crippen LogP contribution in [-0.2, 0) is 6.42 Å². The van der Waals surface area contributed by atoms with Crippen LogP contribution in [0.2, 0.25) is 15.1 Å². The topological polar surface area (TPSA) is 26.0 Å². The summed E-state index contributed by atoms with van der Waals surface area (Å²) in [4.78, 5) is 0. The van der Waals surface area contributed by atoms with Gasteiger partial charge in [0.15, 0.2) is 0 Å². The standard InChI is InChI=1S/C14H10Cl3F2N/c15-9-2-1-3-10(16)7(9)5-14(20)8-4-13(19)11(17)6-12(8)18/h1-4,6,14H,5,20H2. The van der Waals surface area contributed by atoms with Gasteiger partial charge in [-0.1, -0.05) is 40.9 Å². The average molecular weight is 337 g/mol. The van der Waals surface area contributed by atoms with Crippen LogP contribution in [0.1, 0.15) is 17.2 Å². The van der Waals surface area contributed by atoms with Gasteiger partial charge in [0.25, 0.3) is 0 Å². The predicted molar refractivity (Wildman–Crippen MR) is 78.5 cm³/mol. The summed E-state index contributed by atoms with van der Waals surface area (Å²) >= 11 is 17.6. The van der Waals surface area contributed by atoms with Crippen LogP contribution in [0.5, 0.6) is 0 Å². The summed E-state index contributed by atoms with van der Waals surface area (Å²) in [6.45, 7) is 0. The van der Waals surface area contributed by atoms with Gasteiger partial charge in [-0.2, -0.15) is 0 Å². The summed E-state index contributed by atoms with van der Waals surface area (Å²) in [7, 11) is 0. The molecule has 2 aromatic rings. The van der Waals surface area contributed by atoms with Gasteiger partial charge in [0, 0.05) is 21.7 Å². The SMILES string of the molecule is NC(Cc1c(Cl)cccc1Cl)c1cc(F)c(Cl)cc1F.